The van der Waals surface area contributed by atoms with E-state index >= 15 is 0 Å². The number of aromatic nitrogens is 1. The average molecular weight is 287 g/mol. The molecule has 5 heteroatoms. The number of carbonyl (C=O) groups excluding carboxylic acids is 1. The van der Waals surface area contributed by atoms with Crippen molar-refractivity contribution in [1.29, 1.82) is 0 Å². The normalized spacial score (nSPS) is 36.0. The molecule has 0 bridgehead atoms. The zero-order valence-corrected chi connectivity index (χ0v) is 12.7. The lowest BCUT2D eigenvalue weighted by Crippen LogP contribution is -2.30. The van der Waals surface area contributed by atoms with E-state index < -0.39 is 5.60 Å². The first-order valence-corrected chi connectivity index (χ1v) is 7.57. The molecule has 1 aliphatic heterocycles. The monoisotopic (exact) mass is 287 g/mol. The van der Waals surface area contributed by atoms with Gasteiger partial charge in [-0.3, -0.25) is 4.90 Å². The summed E-state index contributed by atoms with van der Waals surface area (Å²) in [7, 11) is 0. The molecule has 4 atom stereocenters. The van der Waals surface area contributed by atoms with Crippen molar-refractivity contribution in [3.8, 4) is 0 Å². The third-order valence-corrected chi connectivity index (χ3v) is 5.04. The maximum absolute atomic E-state index is 12.4. The molecule has 4 unspecified atom stereocenters. The zero-order valence-electron chi connectivity index (χ0n) is 12.7. The maximum atomic E-state index is 12.4. The number of piperidine rings is 1. The third-order valence-electron chi connectivity index (χ3n) is 5.04. The van der Waals surface area contributed by atoms with Crippen molar-refractivity contribution in [3.63, 3.8) is 0 Å². The van der Waals surface area contributed by atoms with Gasteiger partial charge in [0.1, 0.15) is 11.4 Å². The number of nitrogen functional groups attached to an aromatic ring is 1. The molecule has 5 nitrogen and oxygen atoms in total. The fourth-order valence-corrected chi connectivity index (χ4v) is 4.16. The molecule has 21 heavy (non-hydrogen) atoms. The van der Waals surface area contributed by atoms with Crippen LogP contribution in [0.2, 0.25) is 0 Å². The summed E-state index contributed by atoms with van der Waals surface area (Å²) in [6, 6.07) is 4.17. The number of ether oxygens (including phenoxy) is 1. The molecule has 2 heterocycles. The number of hydrogen-bond donors (Lipinski definition) is 1. The van der Waals surface area contributed by atoms with Gasteiger partial charge in [-0.25, -0.2) is 9.78 Å². The van der Waals surface area contributed by atoms with Crippen LogP contribution in [0.5, 0.6) is 0 Å². The van der Waals surface area contributed by atoms with E-state index in [0.717, 1.165) is 12.8 Å². The fourth-order valence-electron chi connectivity index (χ4n) is 4.16. The zero-order chi connectivity index (χ0) is 15.0. The molecule has 1 saturated heterocycles. The van der Waals surface area contributed by atoms with Gasteiger partial charge in [0, 0.05) is 12.1 Å². The van der Waals surface area contributed by atoms with Gasteiger partial charge in [-0.1, -0.05) is 6.07 Å². The molecule has 3 fully saturated rings. The Bertz CT molecular complexity index is 607. The lowest BCUT2D eigenvalue weighted by atomic mass is 9.94. The topological polar surface area (TPSA) is 68.2 Å². The van der Waals surface area contributed by atoms with E-state index in [4.69, 9.17) is 10.5 Å². The fraction of sp³-hybridized carbons (Fsp3) is 0.625. The number of hydrogen-bond acceptors (Lipinski definition) is 4. The second-order valence-corrected chi connectivity index (χ2v) is 7.55. The summed E-state index contributed by atoms with van der Waals surface area (Å²) in [5.74, 6) is 1.55. The van der Waals surface area contributed by atoms with Crippen LogP contribution in [0.1, 0.15) is 45.1 Å². The van der Waals surface area contributed by atoms with E-state index in [-0.39, 0.29) is 11.6 Å². The standard InChI is InChI=1S/C16H21N3O2/c1-15(2,3)21-14(20)19-13-11(6-10-7-16(10,13)19)9-4-5-12(17)18-8-9/h4-5,8,10-11,13H,6-7H2,1-3H3,(H2,17,18). The van der Waals surface area contributed by atoms with Gasteiger partial charge in [-0.15, -0.1) is 0 Å². The number of amides is 1. The molecule has 1 spiro atoms. The van der Waals surface area contributed by atoms with Crippen molar-refractivity contribution >= 4 is 11.9 Å². The third kappa shape index (κ3) is 1.76. The van der Waals surface area contributed by atoms with Crippen LogP contribution in [-0.2, 0) is 4.74 Å². The predicted molar refractivity (Wildman–Crippen MR) is 78.7 cm³/mol. The first kappa shape index (κ1) is 12.9. The lowest BCUT2D eigenvalue weighted by Gasteiger charge is -2.22. The Morgan fingerprint density at radius 2 is 2.24 bits per heavy atom. The molecule has 1 aromatic heterocycles. The molecular weight excluding hydrogens is 266 g/mol. The number of likely N-dealkylation sites (tertiary alicyclic amines) is 1. The molecule has 1 amide bonds. The quantitative estimate of drug-likeness (QED) is 0.806. The van der Waals surface area contributed by atoms with Gasteiger partial charge in [0.2, 0.25) is 0 Å². The van der Waals surface area contributed by atoms with Crippen LogP contribution in [0.15, 0.2) is 18.3 Å². The van der Waals surface area contributed by atoms with E-state index in [2.05, 4.69) is 4.98 Å². The largest absolute Gasteiger partial charge is 0.444 e. The van der Waals surface area contributed by atoms with Gasteiger partial charge in [-0.05, 0) is 51.2 Å². The van der Waals surface area contributed by atoms with E-state index in [9.17, 15) is 4.79 Å². The maximum Gasteiger partial charge on any atom is 0.411 e. The smallest absolute Gasteiger partial charge is 0.411 e. The van der Waals surface area contributed by atoms with Gasteiger partial charge in [0.25, 0.3) is 0 Å². The molecule has 2 N–H and O–H groups in total. The first-order chi connectivity index (χ1) is 9.83. The first-order valence-electron chi connectivity index (χ1n) is 7.57. The van der Waals surface area contributed by atoms with Gasteiger partial charge in [0.15, 0.2) is 0 Å². The SMILES string of the molecule is CC(C)(C)OC(=O)N1C2C(c3ccc(N)nc3)CC3CC321. The summed E-state index contributed by atoms with van der Waals surface area (Å²) in [4.78, 5) is 18.5. The number of carbonyl (C=O) groups is 1. The van der Waals surface area contributed by atoms with Gasteiger partial charge in [-0.2, -0.15) is 0 Å². The van der Waals surface area contributed by atoms with E-state index in [0.29, 0.717) is 23.7 Å². The minimum atomic E-state index is -0.437. The number of rotatable bonds is 1. The Morgan fingerprint density at radius 3 is 2.86 bits per heavy atom. The second kappa shape index (κ2) is 3.70. The van der Waals surface area contributed by atoms with E-state index in [1.165, 1.54) is 5.56 Å². The van der Waals surface area contributed by atoms with Crippen molar-refractivity contribution in [3.05, 3.63) is 23.9 Å². The highest BCUT2D eigenvalue weighted by Crippen LogP contribution is 2.76. The Labute approximate surface area is 124 Å². The summed E-state index contributed by atoms with van der Waals surface area (Å²) in [6.45, 7) is 5.73. The van der Waals surface area contributed by atoms with Gasteiger partial charge < -0.3 is 10.5 Å². The summed E-state index contributed by atoms with van der Waals surface area (Å²) < 4.78 is 5.54. The molecule has 1 aromatic rings. The summed E-state index contributed by atoms with van der Waals surface area (Å²) >= 11 is 0. The van der Waals surface area contributed by atoms with Gasteiger partial charge in [0.05, 0.1) is 11.6 Å². The van der Waals surface area contributed by atoms with Crippen molar-refractivity contribution in [2.24, 2.45) is 5.92 Å². The van der Waals surface area contributed by atoms with Crippen LogP contribution in [0.25, 0.3) is 0 Å². The van der Waals surface area contributed by atoms with Crippen LogP contribution in [0.4, 0.5) is 10.6 Å². The molecule has 3 aliphatic rings. The average Bonchev–Trinajstić information content (AvgIpc) is 3.22. The van der Waals surface area contributed by atoms with E-state index in [1.807, 2.05) is 44.0 Å². The molecule has 2 aliphatic carbocycles. The summed E-state index contributed by atoms with van der Waals surface area (Å²) in [5, 5.41) is 0. The molecule has 0 radical (unpaired) electrons. The Balaban J connectivity index is 1.54. The lowest BCUT2D eigenvalue weighted by molar-refractivity contribution is 0.0373. The molecule has 112 valence electrons. The Kier molecular flexibility index (Phi) is 2.28. The number of anilines is 1. The van der Waals surface area contributed by atoms with Crippen LogP contribution >= 0.6 is 0 Å². The Morgan fingerprint density at radius 1 is 1.48 bits per heavy atom. The van der Waals surface area contributed by atoms with Crippen molar-refractivity contribution in [2.45, 2.75) is 56.7 Å². The van der Waals surface area contributed by atoms with Crippen LogP contribution in [0.3, 0.4) is 0 Å². The highest BCUT2D eigenvalue weighted by atomic mass is 16.6. The molecule has 0 aromatic carbocycles. The molecule has 4 rings (SSSR count). The molecule has 2 saturated carbocycles. The van der Waals surface area contributed by atoms with Gasteiger partial charge >= 0.3 is 6.09 Å². The van der Waals surface area contributed by atoms with Crippen LogP contribution in [-0.4, -0.2) is 33.2 Å². The minimum absolute atomic E-state index is 0.106. The van der Waals surface area contributed by atoms with Crippen molar-refractivity contribution in [2.75, 3.05) is 5.73 Å². The highest BCUT2D eigenvalue weighted by Gasteiger charge is 2.85. The van der Waals surface area contributed by atoms with Crippen molar-refractivity contribution < 1.29 is 9.53 Å². The molecular formula is C16H21N3O2. The van der Waals surface area contributed by atoms with Crippen LogP contribution < -0.4 is 5.73 Å². The summed E-state index contributed by atoms with van der Waals surface area (Å²) in [5.41, 5.74) is 6.51. The highest BCUT2D eigenvalue weighted by molar-refractivity contribution is 5.77. The van der Waals surface area contributed by atoms with Crippen molar-refractivity contribution in [1.82, 2.24) is 9.88 Å². The van der Waals surface area contributed by atoms with E-state index in [1.54, 1.807) is 0 Å². The predicted octanol–water partition coefficient (Wildman–Crippen LogP) is 2.53. The minimum Gasteiger partial charge on any atom is -0.444 e. The van der Waals surface area contributed by atoms with Crippen LogP contribution in [0, 0.1) is 5.92 Å². The number of pyridine rings is 1. The summed E-state index contributed by atoms with van der Waals surface area (Å²) in [6.07, 6.45) is 3.97. The second-order valence-electron chi connectivity index (χ2n) is 7.55. The number of nitrogens with zero attached hydrogens (tertiary/aromatic N) is 2. The Hall–Kier alpha value is -1.78. The number of nitrogens with two attached hydrogens (primary N) is 1.